The van der Waals surface area contributed by atoms with Crippen LogP contribution in [0, 0.1) is 17.8 Å². The van der Waals surface area contributed by atoms with Crippen LogP contribution in [0.1, 0.15) is 40.5 Å². The molecule has 0 atom stereocenters. The van der Waals surface area contributed by atoms with Crippen LogP contribution in [0.25, 0.3) is 0 Å². The summed E-state index contributed by atoms with van der Waals surface area (Å²) in [6, 6.07) is 0. The Hall–Kier alpha value is -0.790. The van der Waals surface area contributed by atoms with Crippen LogP contribution in [0.4, 0.5) is 0 Å². The van der Waals surface area contributed by atoms with Crippen molar-refractivity contribution in [2.24, 2.45) is 17.8 Å². The fraction of sp³-hybridized carbons (Fsp3) is 0.769. The summed E-state index contributed by atoms with van der Waals surface area (Å²) in [4.78, 5) is 11.0. The van der Waals surface area contributed by atoms with Crippen LogP contribution >= 0.6 is 0 Å². The van der Waals surface area contributed by atoms with Crippen LogP contribution in [0.2, 0.25) is 0 Å². The van der Waals surface area contributed by atoms with E-state index >= 15 is 0 Å². The van der Waals surface area contributed by atoms with Crippen molar-refractivity contribution in [3.05, 3.63) is 11.8 Å². The maximum atomic E-state index is 11.0. The quantitative estimate of drug-likeness (QED) is 0.754. The molecule has 0 amide bonds. The van der Waals surface area contributed by atoms with Crippen molar-refractivity contribution in [2.45, 2.75) is 40.5 Å². The number of rotatable bonds is 5. The topological polar surface area (TPSA) is 29.1 Å². The standard InChI is InChI=1S/C13H23NO/c1-9(2)13(10(3)4)8-14-11-5-6-12(15)7-11/h7,9-10,13-14H,5-6,8H2,1-4H3. The van der Waals surface area contributed by atoms with Crippen molar-refractivity contribution in [3.63, 3.8) is 0 Å². The zero-order chi connectivity index (χ0) is 11.4. The fourth-order valence-electron chi connectivity index (χ4n) is 2.23. The third-order valence-corrected chi connectivity index (χ3v) is 3.25. The van der Waals surface area contributed by atoms with Gasteiger partial charge in [0, 0.05) is 24.7 Å². The number of allylic oxidation sites excluding steroid dienone is 2. The van der Waals surface area contributed by atoms with Crippen LogP contribution < -0.4 is 5.32 Å². The van der Waals surface area contributed by atoms with Crippen molar-refractivity contribution >= 4 is 5.78 Å². The first-order chi connectivity index (χ1) is 7.00. The Kier molecular flexibility index (Phi) is 4.37. The lowest BCUT2D eigenvalue weighted by molar-refractivity contribution is -0.114. The van der Waals surface area contributed by atoms with Gasteiger partial charge in [-0.2, -0.15) is 0 Å². The summed E-state index contributed by atoms with van der Waals surface area (Å²) in [7, 11) is 0. The second-order valence-electron chi connectivity index (χ2n) is 5.17. The van der Waals surface area contributed by atoms with Gasteiger partial charge in [0.1, 0.15) is 0 Å². The molecule has 0 bridgehead atoms. The van der Waals surface area contributed by atoms with Gasteiger partial charge < -0.3 is 5.32 Å². The van der Waals surface area contributed by atoms with Gasteiger partial charge >= 0.3 is 0 Å². The molecule has 2 heteroatoms. The third kappa shape index (κ3) is 3.69. The summed E-state index contributed by atoms with van der Waals surface area (Å²) in [6.45, 7) is 10.1. The predicted octanol–water partition coefficient (Wildman–Crippen LogP) is 2.75. The number of hydrogen-bond acceptors (Lipinski definition) is 2. The zero-order valence-corrected chi connectivity index (χ0v) is 10.3. The molecule has 0 spiro atoms. The Balaban J connectivity index is 2.40. The minimum Gasteiger partial charge on any atom is -0.388 e. The minimum atomic E-state index is 0.267. The van der Waals surface area contributed by atoms with E-state index < -0.39 is 0 Å². The molecule has 0 unspecified atom stereocenters. The van der Waals surface area contributed by atoms with Crippen molar-refractivity contribution in [3.8, 4) is 0 Å². The number of hydrogen-bond donors (Lipinski definition) is 1. The van der Waals surface area contributed by atoms with Gasteiger partial charge in [-0.3, -0.25) is 4.79 Å². The molecule has 0 aliphatic heterocycles. The van der Waals surface area contributed by atoms with Gasteiger partial charge in [0.2, 0.25) is 0 Å². The van der Waals surface area contributed by atoms with E-state index in [2.05, 4.69) is 33.0 Å². The third-order valence-electron chi connectivity index (χ3n) is 3.25. The fourth-order valence-corrected chi connectivity index (χ4v) is 2.23. The molecule has 1 rings (SSSR count). The number of carbonyl (C=O) groups is 1. The summed E-state index contributed by atoms with van der Waals surface area (Å²) in [6.07, 6.45) is 3.36. The first kappa shape index (κ1) is 12.3. The molecule has 0 aromatic heterocycles. The van der Waals surface area contributed by atoms with Gasteiger partial charge in [-0.05, 0) is 24.2 Å². The average molecular weight is 209 g/mol. The molecule has 0 aromatic carbocycles. The van der Waals surface area contributed by atoms with Gasteiger partial charge in [-0.25, -0.2) is 0 Å². The SMILES string of the molecule is CC(C)C(CNC1=CC(=O)CC1)C(C)C. The van der Waals surface area contributed by atoms with Crippen molar-refractivity contribution < 1.29 is 4.79 Å². The Morgan fingerprint density at radius 3 is 2.20 bits per heavy atom. The van der Waals surface area contributed by atoms with E-state index in [4.69, 9.17) is 0 Å². The summed E-state index contributed by atoms with van der Waals surface area (Å²) in [5, 5.41) is 3.42. The summed E-state index contributed by atoms with van der Waals surface area (Å²) in [5.74, 6) is 2.33. The molecule has 1 N–H and O–H groups in total. The van der Waals surface area contributed by atoms with Crippen LogP contribution in [-0.2, 0) is 4.79 Å². The molecule has 1 aliphatic rings. The molecule has 1 aliphatic carbocycles. The molecule has 2 nitrogen and oxygen atoms in total. The molecule has 86 valence electrons. The Morgan fingerprint density at radius 1 is 1.20 bits per heavy atom. The maximum Gasteiger partial charge on any atom is 0.157 e. The van der Waals surface area contributed by atoms with Crippen molar-refractivity contribution in [1.29, 1.82) is 0 Å². The zero-order valence-electron chi connectivity index (χ0n) is 10.3. The van der Waals surface area contributed by atoms with E-state index in [9.17, 15) is 4.79 Å². The van der Waals surface area contributed by atoms with Crippen LogP contribution in [-0.4, -0.2) is 12.3 Å². The lowest BCUT2D eigenvalue weighted by atomic mass is 9.85. The maximum absolute atomic E-state index is 11.0. The first-order valence-electron chi connectivity index (χ1n) is 5.98. The molecule has 0 aromatic rings. The van der Waals surface area contributed by atoms with E-state index in [0.717, 1.165) is 18.7 Å². The second-order valence-corrected chi connectivity index (χ2v) is 5.17. The monoisotopic (exact) mass is 209 g/mol. The van der Waals surface area contributed by atoms with Crippen molar-refractivity contribution in [2.75, 3.05) is 6.54 Å². The van der Waals surface area contributed by atoms with Gasteiger partial charge in [0.15, 0.2) is 5.78 Å². The van der Waals surface area contributed by atoms with E-state index in [1.54, 1.807) is 6.08 Å². The average Bonchev–Trinajstić information content (AvgIpc) is 2.50. The molecule has 0 fully saturated rings. The van der Waals surface area contributed by atoms with Crippen LogP contribution in [0.3, 0.4) is 0 Å². The highest BCUT2D eigenvalue weighted by atomic mass is 16.1. The van der Waals surface area contributed by atoms with E-state index in [1.165, 1.54) is 0 Å². The normalized spacial score (nSPS) is 16.7. The molecule has 0 radical (unpaired) electrons. The number of carbonyl (C=O) groups excluding carboxylic acids is 1. The van der Waals surface area contributed by atoms with E-state index in [0.29, 0.717) is 24.2 Å². The number of ketones is 1. The van der Waals surface area contributed by atoms with E-state index in [-0.39, 0.29) is 5.78 Å². The molecule has 0 saturated carbocycles. The highest BCUT2D eigenvalue weighted by Gasteiger charge is 2.18. The highest BCUT2D eigenvalue weighted by molar-refractivity contribution is 5.92. The van der Waals surface area contributed by atoms with Crippen LogP contribution in [0.15, 0.2) is 11.8 Å². The molecule has 0 heterocycles. The molecular formula is C13H23NO. The first-order valence-corrected chi connectivity index (χ1v) is 5.98. The van der Waals surface area contributed by atoms with Gasteiger partial charge in [0.25, 0.3) is 0 Å². The summed E-state index contributed by atoms with van der Waals surface area (Å²) >= 11 is 0. The lowest BCUT2D eigenvalue weighted by Crippen LogP contribution is -2.29. The Labute approximate surface area is 93.1 Å². The predicted molar refractivity (Wildman–Crippen MR) is 63.5 cm³/mol. The van der Waals surface area contributed by atoms with Gasteiger partial charge in [-0.1, -0.05) is 27.7 Å². The van der Waals surface area contributed by atoms with Crippen LogP contribution in [0.5, 0.6) is 0 Å². The molecule has 15 heavy (non-hydrogen) atoms. The largest absolute Gasteiger partial charge is 0.388 e. The Morgan fingerprint density at radius 2 is 1.80 bits per heavy atom. The second kappa shape index (κ2) is 5.34. The minimum absolute atomic E-state index is 0.267. The van der Waals surface area contributed by atoms with Crippen molar-refractivity contribution in [1.82, 2.24) is 5.32 Å². The molecule has 0 saturated heterocycles. The number of nitrogens with one attached hydrogen (secondary N) is 1. The lowest BCUT2D eigenvalue weighted by Gasteiger charge is -2.25. The summed E-state index contributed by atoms with van der Waals surface area (Å²) < 4.78 is 0. The van der Waals surface area contributed by atoms with E-state index in [1.807, 2.05) is 0 Å². The van der Waals surface area contributed by atoms with Gasteiger partial charge in [0.05, 0.1) is 0 Å². The van der Waals surface area contributed by atoms with Gasteiger partial charge in [-0.15, -0.1) is 0 Å². The summed E-state index contributed by atoms with van der Waals surface area (Å²) in [5.41, 5.74) is 1.13. The smallest absolute Gasteiger partial charge is 0.157 e. The highest BCUT2D eigenvalue weighted by Crippen LogP contribution is 2.21. The Bertz CT molecular complexity index is 245. The molecular weight excluding hydrogens is 186 g/mol.